The largest absolute Gasteiger partial charge is 0.301 e. The molecular formula is C16H20ClN3O. The third-order valence-corrected chi connectivity index (χ3v) is 4.57. The van der Waals surface area contributed by atoms with Gasteiger partial charge >= 0.3 is 0 Å². The van der Waals surface area contributed by atoms with Gasteiger partial charge in [0.2, 0.25) is 0 Å². The van der Waals surface area contributed by atoms with Crippen LogP contribution in [0, 0.1) is 0 Å². The van der Waals surface area contributed by atoms with Crippen molar-refractivity contribution in [2.24, 2.45) is 0 Å². The fourth-order valence-electron chi connectivity index (χ4n) is 2.98. The molecule has 1 aliphatic rings. The number of benzene rings is 1. The Morgan fingerprint density at radius 1 is 1.33 bits per heavy atom. The lowest BCUT2D eigenvalue weighted by atomic mass is 10.2. The van der Waals surface area contributed by atoms with E-state index in [0.29, 0.717) is 28.5 Å². The van der Waals surface area contributed by atoms with Crippen molar-refractivity contribution < 1.29 is 0 Å². The molecule has 0 spiro atoms. The van der Waals surface area contributed by atoms with E-state index in [1.54, 1.807) is 29.1 Å². The van der Waals surface area contributed by atoms with E-state index in [4.69, 9.17) is 11.6 Å². The van der Waals surface area contributed by atoms with Gasteiger partial charge in [-0.1, -0.05) is 11.6 Å². The normalized spacial score (nSPS) is 17.4. The summed E-state index contributed by atoms with van der Waals surface area (Å²) in [5, 5.41) is 1.17. The van der Waals surface area contributed by atoms with E-state index in [9.17, 15) is 4.79 Å². The Hall–Kier alpha value is -1.39. The van der Waals surface area contributed by atoms with Crippen molar-refractivity contribution >= 4 is 22.5 Å². The van der Waals surface area contributed by atoms with E-state index < -0.39 is 0 Å². The lowest BCUT2D eigenvalue weighted by Gasteiger charge is -2.23. The molecule has 0 amide bonds. The lowest BCUT2D eigenvalue weighted by Crippen LogP contribution is -2.32. The molecule has 1 atom stereocenters. The average molecular weight is 306 g/mol. The molecule has 4 nitrogen and oxygen atoms in total. The van der Waals surface area contributed by atoms with Crippen molar-refractivity contribution in [1.82, 2.24) is 14.5 Å². The minimum absolute atomic E-state index is 0.00359. The van der Waals surface area contributed by atoms with Crippen molar-refractivity contribution in [2.45, 2.75) is 38.8 Å². The molecule has 21 heavy (non-hydrogen) atoms. The Kier molecular flexibility index (Phi) is 4.27. The maximum absolute atomic E-state index is 12.5. The highest BCUT2D eigenvalue weighted by Gasteiger charge is 2.17. The van der Waals surface area contributed by atoms with Crippen LogP contribution in [0.1, 0.15) is 26.2 Å². The quantitative estimate of drug-likeness (QED) is 0.871. The Bertz CT molecular complexity index is 691. The van der Waals surface area contributed by atoms with Gasteiger partial charge < -0.3 is 4.90 Å². The fourth-order valence-corrected chi connectivity index (χ4v) is 3.15. The second kappa shape index (κ2) is 6.16. The van der Waals surface area contributed by atoms with Crippen LogP contribution in [0.3, 0.4) is 0 Å². The number of aromatic nitrogens is 2. The second-order valence-electron chi connectivity index (χ2n) is 5.79. The standard InChI is InChI=1S/C16H20ClN3O/c1-12(19-7-2-3-8-19)6-9-20-11-18-15-5-4-13(17)10-14(15)16(20)21/h4-5,10-12H,2-3,6-9H2,1H3/t12-/m0/s1. The molecule has 1 fully saturated rings. The van der Waals surface area contributed by atoms with Gasteiger partial charge in [0.1, 0.15) is 0 Å². The highest BCUT2D eigenvalue weighted by molar-refractivity contribution is 6.31. The molecule has 1 aromatic heterocycles. The first kappa shape index (κ1) is 14.5. The number of rotatable bonds is 4. The molecule has 0 radical (unpaired) electrons. The first-order valence-electron chi connectivity index (χ1n) is 7.54. The molecule has 2 heterocycles. The Morgan fingerprint density at radius 3 is 2.86 bits per heavy atom. The molecule has 0 unspecified atom stereocenters. The van der Waals surface area contributed by atoms with Gasteiger partial charge in [0.25, 0.3) is 5.56 Å². The van der Waals surface area contributed by atoms with E-state index in [2.05, 4.69) is 16.8 Å². The van der Waals surface area contributed by atoms with Crippen LogP contribution in [0.5, 0.6) is 0 Å². The Morgan fingerprint density at radius 2 is 2.10 bits per heavy atom. The number of hydrogen-bond donors (Lipinski definition) is 0. The monoisotopic (exact) mass is 305 g/mol. The summed E-state index contributed by atoms with van der Waals surface area (Å²) in [5.74, 6) is 0. The zero-order valence-corrected chi connectivity index (χ0v) is 13.0. The number of nitrogens with zero attached hydrogens (tertiary/aromatic N) is 3. The topological polar surface area (TPSA) is 38.1 Å². The molecule has 1 aromatic carbocycles. The molecule has 112 valence electrons. The number of halogens is 1. The van der Waals surface area contributed by atoms with Gasteiger partial charge in [0.15, 0.2) is 0 Å². The van der Waals surface area contributed by atoms with Crippen LogP contribution in [0.15, 0.2) is 29.3 Å². The van der Waals surface area contributed by atoms with Crippen LogP contribution in [0.2, 0.25) is 5.02 Å². The van der Waals surface area contributed by atoms with Gasteiger partial charge in [-0.3, -0.25) is 9.36 Å². The van der Waals surface area contributed by atoms with Crippen molar-refractivity contribution in [3.05, 3.63) is 39.9 Å². The molecule has 1 saturated heterocycles. The third kappa shape index (κ3) is 3.11. The minimum atomic E-state index is -0.00359. The predicted molar refractivity (Wildman–Crippen MR) is 85.9 cm³/mol. The highest BCUT2D eigenvalue weighted by Crippen LogP contribution is 2.16. The zero-order chi connectivity index (χ0) is 14.8. The van der Waals surface area contributed by atoms with Gasteiger partial charge in [0.05, 0.1) is 17.2 Å². The van der Waals surface area contributed by atoms with Gasteiger partial charge in [0, 0.05) is 17.6 Å². The van der Waals surface area contributed by atoms with Crippen molar-refractivity contribution in [2.75, 3.05) is 13.1 Å². The van der Waals surface area contributed by atoms with Crippen molar-refractivity contribution in [3.8, 4) is 0 Å². The molecule has 5 heteroatoms. The smallest absolute Gasteiger partial charge is 0.261 e. The molecule has 2 aromatic rings. The van der Waals surface area contributed by atoms with Crippen molar-refractivity contribution in [3.63, 3.8) is 0 Å². The van der Waals surface area contributed by atoms with Crippen LogP contribution >= 0.6 is 11.6 Å². The summed E-state index contributed by atoms with van der Waals surface area (Å²) in [4.78, 5) is 19.3. The van der Waals surface area contributed by atoms with Crippen LogP contribution in [0.25, 0.3) is 10.9 Å². The van der Waals surface area contributed by atoms with Crippen LogP contribution in [-0.4, -0.2) is 33.6 Å². The maximum atomic E-state index is 12.5. The Labute approximate surface area is 129 Å². The molecule has 0 bridgehead atoms. The van der Waals surface area contributed by atoms with Gasteiger partial charge in [-0.25, -0.2) is 4.98 Å². The van der Waals surface area contributed by atoms with E-state index >= 15 is 0 Å². The van der Waals surface area contributed by atoms with E-state index in [-0.39, 0.29) is 5.56 Å². The van der Waals surface area contributed by atoms with E-state index in [0.717, 1.165) is 6.42 Å². The van der Waals surface area contributed by atoms with Gasteiger partial charge in [-0.15, -0.1) is 0 Å². The molecule has 0 N–H and O–H groups in total. The number of aryl methyl sites for hydroxylation is 1. The molecule has 1 aliphatic heterocycles. The van der Waals surface area contributed by atoms with Gasteiger partial charge in [-0.05, 0) is 57.5 Å². The minimum Gasteiger partial charge on any atom is -0.301 e. The summed E-state index contributed by atoms with van der Waals surface area (Å²) >= 11 is 5.97. The van der Waals surface area contributed by atoms with Crippen LogP contribution < -0.4 is 5.56 Å². The van der Waals surface area contributed by atoms with Crippen molar-refractivity contribution in [1.29, 1.82) is 0 Å². The van der Waals surface area contributed by atoms with Crippen LogP contribution in [0.4, 0.5) is 0 Å². The van der Waals surface area contributed by atoms with Gasteiger partial charge in [-0.2, -0.15) is 0 Å². The first-order chi connectivity index (χ1) is 10.1. The maximum Gasteiger partial charge on any atom is 0.261 e. The molecule has 0 saturated carbocycles. The lowest BCUT2D eigenvalue weighted by molar-refractivity contribution is 0.239. The third-order valence-electron chi connectivity index (χ3n) is 4.34. The summed E-state index contributed by atoms with van der Waals surface area (Å²) in [6.07, 6.45) is 5.20. The summed E-state index contributed by atoms with van der Waals surface area (Å²) in [6.45, 7) is 5.30. The summed E-state index contributed by atoms with van der Waals surface area (Å²) in [7, 11) is 0. The predicted octanol–water partition coefficient (Wildman–Crippen LogP) is 2.92. The number of hydrogen-bond acceptors (Lipinski definition) is 3. The Balaban J connectivity index is 1.77. The highest BCUT2D eigenvalue weighted by atomic mass is 35.5. The van der Waals surface area contributed by atoms with Crippen LogP contribution in [-0.2, 0) is 6.54 Å². The van der Waals surface area contributed by atoms with E-state index in [1.807, 2.05) is 0 Å². The molecule has 0 aliphatic carbocycles. The fraction of sp³-hybridized carbons (Fsp3) is 0.500. The number of likely N-dealkylation sites (tertiary alicyclic amines) is 1. The SMILES string of the molecule is C[C@@H](CCn1cnc2ccc(Cl)cc2c1=O)N1CCCC1. The molecular weight excluding hydrogens is 286 g/mol. The van der Waals surface area contributed by atoms with E-state index in [1.165, 1.54) is 25.9 Å². The summed E-state index contributed by atoms with van der Waals surface area (Å²) in [5.41, 5.74) is 0.698. The molecule has 3 rings (SSSR count). The zero-order valence-electron chi connectivity index (χ0n) is 12.3. The average Bonchev–Trinajstić information content (AvgIpc) is 3.01. The number of fused-ring (bicyclic) bond motifs is 1. The second-order valence-corrected chi connectivity index (χ2v) is 6.22. The summed E-state index contributed by atoms with van der Waals surface area (Å²) in [6, 6.07) is 5.76. The first-order valence-corrected chi connectivity index (χ1v) is 7.92. The summed E-state index contributed by atoms with van der Waals surface area (Å²) < 4.78 is 1.70.